The number of nitrogens with zero attached hydrogens (tertiary/aromatic N) is 6. The molecule has 1 fully saturated rings. The number of nitrogens with one attached hydrogen (secondary N) is 1. The van der Waals surface area contributed by atoms with Crippen molar-refractivity contribution < 1.29 is 4.79 Å². The van der Waals surface area contributed by atoms with E-state index in [1.807, 2.05) is 50.5 Å². The molecule has 0 saturated carbocycles. The standard InChI is InChI=1S/C27H31N7O/c1-4-19-16-28-27(29-17-19)33-13-11-23(12-14-33)34-25-10-9-22(15-24(25)31-32-34)20-5-7-21(8-6-20)26(35)30-18(2)3/h5-10,15-18,23H,4,11-14H2,1-3H3,(H,30,35). The lowest BCUT2D eigenvalue weighted by Crippen LogP contribution is -2.36. The molecule has 0 unspecified atom stereocenters. The van der Waals surface area contributed by atoms with Gasteiger partial charge in [-0.2, -0.15) is 0 Å². The van der Waals surface area contributed by atoms with Crippen LogP contribution in [0.4, 0.5) is 5.95 Å². The molecule has 4 aromatic rings. The molecule has 0 aliphatic carbocycles. The van der Waals surface area contributed by atoms with Crippen LogP contribution in [0, 0.1) is 0 Å². The van der Waals surface area contributed by atoms with Gasteiger partial charge in [0.2, 0.25) is 5.95 Å². The molecule has 8 heteroatoms. The number of piperidine rings is 1. The van der Waals surface area contributed by atoms with E-state index in [9.17, 15) is 4.79 Å². The fraction of sp³-hybridized carbons (Fsp3) is 0.370. The van der Waals surface area contributed by atoms with Gasteiger partial charge in [0.15, 0.2) is 0 Å². The molecule has 1 aliphatic heterocycles. The molecule has 0 spiro atoms. The van der Waals surface area contributed by atoms with Crippen molar-refractivity contribution in [3.8, 4) is 11.1 Å². The Morgan fingerprint density at radius 1 is 1.03 bits per heavy atom. The molecule has 5 rings (SSSR count). The Balaban J connectivity index is 1.28. The van der Waals surface area contributed by atoms with E-state index in [1.54, 1.807) is 0 Å². The lowest BCUT2D eigenvalue weighted by atomic mass is 10.0. The van der Waals surface area contributed by atoms with Gasteiger partial charge < -0.3 is 10.2 Å². The van der Waals surface area contributed by atoms with Crippen LogP contribution in [0.3, 0.4) is 0 Å². The zero-order chi connectivity index (χ0) is 24.4. The van der Waals surface area contributed by atoms with Crippen LogP contribution in [0.15, 0.2) is 54.9 Å². The van der Waals surface area contributed by atoms with Gasteiger partial charge in [0.1, 0.15) is 5.52 Å². The summed E-state index contributed by atoms with van der Waals surface area (Å²) in [4.78, 5) is 23.5. The third-order valence-electron chi connectivity index (χ3n) is 6.56. The highest BCUT2D eigenvalue weighted by molar-refractivity contribution is 5.95. The zero-order valence-electron chi connectivity index (χ0n) is 20.5. The van der Waals surface area contributed by atoms with E-state index in [0.29, 0.717) is 11.6 Å². The van der Waals surface area contributed by atoms with Crippen molar-refractivity contribution in [1.29, 1.82) is 0 Å². The van der Waals surface area contributed by atoms with Crippen LogP contribution in [0.1, 0.15) is 55.6 Å². The first-order valence-corrected chi connectivity index (χ1v) is 12.3. The van der Waals surface area contributed by atoms with Crippen LogP contribution in [-0.4, -0.2) is 50.0 Å². The molecule has 35 heavy (non-hydrogen) atoms. The summed E-state index contributed by atoms with van der Waals surface area (Å²) in [6.45, 7) is 7.81. The second-order valence-electron chi connectivity index (χ2n) is 9.41. The van der Waals surface area contributed by atoms with E-state index in [-0.39, 0.29) is 11.9 Å². The Bertz CT molecular complexity index is 1300. The number of anilines is 1. The SMILES string of the molecule is CCc1cnc(N2CCC(n3nnc4cc(-c5ccc(C(=O)NC(C)C)cc5)ccc43)CC2)nc1. The van der Waals surface area contributed by atoms with Crippen molar-refractivity contribution in [2.45, 2.75) is 52.1 Å². The molecule has 1 aliphatic rings. The van der Waals surface area contributed by atoms with E-state index in [1.165, 1.54) is 0 Å². The molecule has 0 atom stereocenters. The second-order valence-corrected chi connectivity index (χ2v) is 9.41. The summed E-state index contributed by atoms with van der Waals surface area (Å²) in [5, 5.41) is 11.9. The fourth-order valence-corrected chi connectivity index (χ4v) is 4.55. The Hall–Kier alpha value is -3.81. The summed E-state index contributed by atoms with van der Waals surface area (Å²) in [5.74, 6) is 0.752. The minimum absolute atomic E-state index is 0.0551. The fourth-order valence-electron chi connectivity index (χ4n) is 4.55. The van der Waals surface area contributed by atoms with Crippen LogP contribution in [-0.2, 0) is 6.42 Å². The number of carbonyl (C=O) groups is 1. The minimum Gasteiger partial charge on any atom is -0.350 e. The van der Waals surface area contributed by atoms with Crippen LogP contribution in [0.2, 0.25) is 0 Å². The van der Waals surface area contributed by atoms with Crippen LogP contribution < -0.4 is 10.2 Å². The quantitative estimate of drug-likeness (QED) is 0.449. The molecular formula is C27H31N7O. The smallest absolute Gasteiger partial charge is 0.251 e. The Morgan fingerprint density at radius 3 is 2.37 bits per heavy atom. The van der Waals surface area contributed by atoms with Gasteiger partial charge in [-0.1, -0.05) is 30.3 Å². The molecule has 8 nitrogen and oxygen atoms in total. The van der Waals surface area contributed by atoms with Crippen LogP contribution in [0.25, 0.3) is 22.2 Å². The van der Waals surface area contributed by atoms with Gasteiger partial charge in [0.25, 0.3) is 5.91 Å². The number of hydrogen-bond donors (Lipinski definition) is 1. The average Bonchev–Trinajstić information content (AvgIpc) is 3.32. The van der Waals surface area contributed by atoms with Crippen molar-refractivity contribution >= 4 is 22.9 Å². The minimum atomic E-state index is -0.0551. The molecular weight excluding hydrogens is 438 g/mol. The molecule has 2 aromatic heterocycles. The highest BCUT2D eigenvalue weighted by Gasteiger charge is 2.24. The van der Waals surface area contributed by atoms with Gasteiger partial charge in [-0.15, -0.1) is 5.10 Å². The molecule has 0 bridgehead atoms. The summed E-state index contributed by atoms with van der Waals surface area (Å²) in [6, 6.07) is 14.4. The van der Waals surface area contributed by atoms with Crippen molar-refractivity contribution in [3.05, 3.63) is 66.0 Å². The zero-order valence-corrected chi connectivity index (χ0v) is 20.5. The van der Waals surface area contributed by atoms with E-state index in [0.717, 1.165) is 66.0 Å². The van der Waals surface area contributed by atoms with Crippen LogP contribution >= 0.6 is 0 Å². The van der Waals surface area contributed by atoms with Crippen molar-refractivity contribution in [2.24, 2.45) is 0 Å². The number of aryl methyl sites for hydroxylation is 1. The average molecular weight is 470 g/mol. The molecule has 0 radical (unpaired) electrons. The number of benzene rings is 2. The monoisotopic (exact) mass is 469 g/mol. The maximum Gasteiger partial charge on any atom is 0.251 e. The highest BCUT2D eigenvalue weighted by Crippen LogP contribution is 2.29. The summed E-state index contributed by atoms with van der Waals surface area (Å²) in [5.41, 5.74) is 5.85. The summed E-state index contributed by atoms with van der Waals surface area (Å²) < 4.78 is 2.07. The maximum atomic E-state index is 12.2. The predicted molar refractivity (Wildman–Crippen MR) is 137 cm³/mol. The first kappa shape index (κ1) is 23.0. The molecule has 2 aromatic carbocycles. The number of hydrogen-bond acceptors (Lipinski definition) is 6. The van der Waals surface area contributed by atoms with Gasteiger partial charge >= 0.3 is 0 Å². The first-order chi connectivity index (χ1) is 17.0. The third-order valence-corrected chi connectivity index (χ3v) is 6.56. The molecule has 180 valence electrons. The van der Waals surface area contributed by atoms with E-state index >= 15 is 0 Å². The van der Waals surface area contributed by atoms with Gasteiger partial charge in [0, 0.05) is 37.1 Å². The predicted octanol–water partition coefficient (Wildman–Crippen LogP) is 4.43. The molecule has 1 amide bonds. The molecule has 1 saturated heterocycles. The number of aromatic nitrogens is 5. The van der Waals surface area contributed by atoms with Crippen molar-refractivity contribution in [1.82, 2.24) is 30.3 Å². The normalized spacial score (nSPS) is 14.6. The number of rotatable bonds is 6. The second kappa shape index (κ2) is 9.82. The van der Waals surface area contributed by atoms with Gasteiger partial charge in [-0.05, 0) is 74.1 Å². The van der Waals surface area contributed by atoms with Gasteiger partial charge in [0.05, 0.1) is 11.6 Å². The Morgan fingerprint density at radius 2 is 1.71 bits per heavy atom. The molecule has 3 heterocycles. The first-order valence-electron chi connectivity index (χ1n) is 12.3. The van der Waals surface area contributed by atoms with E-state index < -0.39 is 0 Å². The number of amides is 1. The van der Waals surface area contributed by atoms with Crippen molar-refractivity contribution in [3.63, 3.8) is 0 Å². The Labute approximate surface area is 205 Å². The van der Waals surface area contributed by atoms with E-state index in [2.05, 4.69) is 60.3 Å². The number of carbonyl (C=O) groups excluding carboxylic acids is 1. The van der Waals surface area contributed by atoms with E-state index in [4.69, 9.17) is 0 Å². The summed E-state index contributed by atoms with van der Waals surface area (Å²) >= 11 is 0. The molecule has 1 N–H and O–H groups in total. The lowest BCUT2D eigenvalue weighted by molar-refractivity contribution is 0.0943. The maximum absolute atomic E-state index is 12.2. The number of fused-ring (bicyclic) bond motifs is 1. The Kier molecular flexibility index (Phi) is 6.44. The van der Waals surface area contributed by atoms with Crippen molar-refractivity contribution in [2.75, 3.05) is 18.0 Å². The topological polar surface area (TPSA) is 88.8 Å². The highest BCUT2D eigenvalue weighted by atomic mass is 16.1. The van der Waals surface area contributed by atoms with Gasteiger partial charge in [-0.25, -0.2) is 14.6 Å². The largest absolute Gasteiger partial charge is 0.350 e. The third kappa shape index (κ3) is 4.87. The van der Waals surface area contributed by atoms with Gasteiger partial charge in [-0.3, -0.25) is 4.79 Å². The summed E-state index contributed by atoms with van der Waals surface area (Å²) in [7, 11) is 0. The van der Waals surface area contributed by atoms with Crippen LogP contribution in [0.5, 0.6) is 0 Å². The summed E-state index contributed by atoms with van der Waals surface area (Å²) in [6.07, 6.45) is 6.73. The lowest BCUT2D eigenvalue weighted by Gasteiger charge is -2.32.